The second-order valence-electron chi connectivity index (χ2n) is 5.50. The largest absolute Gasteiger partial charge is 0.322 e. The van der Waals surface area contributed by atoms with Gasteiger partial charge in [-0.3, -0.25) is 0 Å². The molecule has 2 N–H and O–H groups in total. The zero-order valence-electron chi connectivity index (χ0n) is 12.0. The van der Waals surface area contributed by atoms with Gasteiger partial charge in [0.1, 0.15) is 0 Å². The first-order valence-electron chi connectivity index (χ1n) is 7.12. The van der Waals surface area contributed by atoms with Gasteiger partial charge in [-0.25, -0.2) is 4.79 Å². The van der Waals surface area contributed by atoms with Crippen molar-refractivity contribution in [2.24, 2.45) is 5.92 Å². The quantitative estimate of drug-likeness (QED) is 0.880. The zero-order valence-corrected chi connectivity index (χ0v) is 12.8. The maximum Gasteiger partial charge on any atom is 0.322 e. The molecule has 0 aliphatic carbocycles. The van der Waals surface area contributed by atoms with Gasteiger partial charge >= 0.3 is 6.03 Å². The summed E-state index contributed by atoms with van der Waals surface area (Å²) in [7, 11) is 0. The maximum absolute atomic E-state index is 12.5. The number of nitrogens with one attached hydrogen (secondary N) is 2. The molecule has 0 spiro atoms. The van der Waals surface area contributed by atoms with Crippen molar-refractivity contribution in [3.05, 3.63) is 29.3 Å². The van der Waals surface area contributed by atoms with Crippen LogP contribution in [-0.2, 0) is 0 Å². The molecule has 2 amide bonds. The van der Waals surface area contributed by atoms with E-state index in [4.69, 9.17) is 11.6 Å². The van der Waals surface area contributed by atoms with Gasteiger partial charge in [-0.05, 0) is 43.1 Å². The molecule has 5 heteroatoms. The molecule has 1 aromatic rings. The summed E-state index contributed by atoms with van der Waals surface area (Å²) >= 11 is 5.85. The van der Waals surface area contributed by atoms with Crippen LogP contribution in [0.25, 0.3) is 0 Å². The molecule has 2 rings (SSSR count). The van der Waals surface area contributed by atoms with Crippen molar-refractivity contribution in [1.82, 2.24) is 10.2 Å². The molecule has 1 fully saturated rings. The molecule has 0 saturated carbocycles. The van der Waals surface area contributed by atoms with Crippen LogP contribution in [0.4, 0.5) is 10.5 Å². The van der Waals surface area contributed by atoms with Gasteiger partial charge in [-0.2, -0.15) is 0 Å². The van der Waals surface area contributed by atoms with Gasteiger partial charge in [0, 0.05) is 29.8 Å². The average molecular weight is 296 g/mol. The third-order valence-corrected chi connectivity index (χ3v) is 3.88. The molecule has 1 unspecified atom stereocenters. The van der Waals surface area contributed by atoms with Gasteiger partial charge < -0.3 is 15.5 Å². The van der Waals surface area contributed by atoms with E-state index in [1.54, 1.807) is 12.1 Å². The van der Waals surface area contributed by atoms with Crippen LogP contribution in [0.2, 0.25) is 5.02 Å². The Balaban J connectivity index is 2.06. The molecular formula is C15H22ClN3O. The number of halogens is 1. The molecule has 1 atom stereocenters. The summed E-state index contributed by atoms with van der Waals surface area (Å²) in [6.45, 7) is 6.91. The molecule has 0 aromatic heterocycles. The Kier molecular flexibility index (Phi) is 5.26. The van der Waals surface area contributed by atoms with Crippen LogP contribution in [0.3, 0.4) is 0 Å². The van der Waals surface area contributed by atoms with E-state index in [2.05, 4.69) is 24.5 Å². The van der Waals surface area contributed by atoms with Gasteiger partial charge in [0.05, 0.1) is 0 Å². The summed E-state index contributed by atoms with van der Waals surface area (Å²) in [6.07, 6.45) is 0.983. The number of rotatable bonds is 2. The predicted molar refractivity (Wildman–Crippen MR) is 83.3 cm³/mol. The molecule has 0 bridgehead atoms. The highest BCUT2D eigenvalue weighted by Crippen LogP contribution is 2.17. The minimum absolute atomic E-state index is 0.0327. The number of anilines is 1. The summed E-state index contributed by atoms with van der Waals surface area (Å²) in [4.78, 5) is 14.4. The SMILES string of the molecule is CC(C)C1CNCCCN1C(=O)Nc1ccc(Cl)cc1. The zero-order chi connectivity index (χ0) is 14.5. The van der Waals surface area contributed by atoms with Crippen molar-refractivity contribution < 1.29 is 4.79 Å². The highest BCUT2D eigenvalue weighted by Gasteiger charge is 2.27. The molecule has 1 saturated heterocycles. The van der Waals surface area contributed by atoms with Gasteiger partial charge in [-0.15, -0.1) is 0 Å². The van der Waals surface area contributed by atoms with E-state index in [0.717, 1.165) is 31.7 Å². The van der Waals surface area contributed by atoms with Gasteiger partial charge in [0.15, 0.2) is 0 Å². The summed E-state index contributed by atoms with van der Waals surface area (Å²) in [5.41, 5.74) is 0.777. The van der Waals surface area contributed by atoms with Crippen molar-refractivity contribution in [2.75, 3.05) is 25.0 Å². The Bertz CT molecular complexity index is 447. The second kappa shape index (κ2) is 6.95. The number of hydrogen-bond acceptors (Lipinski definition) is 2. The molecule has 1 aromatic carbocycles. The van der Waals surface area contributed by atoms with Crippen LogP contribution in [0, 0.1) is 5.92 Å². The van der Waals surface area contributed by atoms with Crippen LogP contribution in [0.5, 0.6) is 0 Å². The fourth-order valence-corrected chi connectivity index (χ4v) is 2.60. The summed E-state index contributed by atoms with van der Waals surface area (Å²) in [6, 6.07) is 7.39. The van der Waals surface area contributed by atoms with Crippen molar-refractivity contribution in [3.8, 4) is 0 Å². The van der Waals surface area contributed by atoms with Crippen LogP contribution in [-0.4, -0.2) is 36.6 Å². The van der Waals surface area contributed by atoms with E-state index in [0.29, 0.717) is 10.9 Å². The lowest BCUT2D eigenvalue weighted by molar-refractivity contribution is 0.173. The van der Waals surface area contributed by atoms with Gasteiger partial charge in [0.2, 0.25) is 0 Å². The van der Waals surface area contributed by atoms with Gasteiger partial charge in [-0.1, -0.05) is 25.4 Å². The first kappa shape index (κ1) is 15.1. The normalized spacial score (nSPS) is 19.8. The average Bonchev–Trinajstić information content (AvgIpc) is 2.67. The molecule has 1 aliphatic rings. The monoisotopic (exact) mass is 295 g/mol. The minimum atomic E-state index is -0.0327. The van der Waals surface area contributed by atoms with Crippen LogP contribution < -0.4 is 10.6 Å². The highest BCUT2D eigenvalue weighted by molar-refractivity contribution is 6.30. The number of carbonyl (C=O) groups excluding carboxylic acids is 1. The third-order valence-electron chi connectivity index (χ3n) is 3.63. The van der Waals surface area contributed by atoms with Gasteiger partial charge in [0.25, 0.3) is 0 Å². The van der Waals surface area contributed by atoms with Crippen LogP contribution in [0.1, 0.15) is 20.3 Å². The van der Waals surface area contributed by atoms with Crippen LogP contribution in [0.15, 0.2) is 24.3 Å². The fourth-order valence-electron chi connectivity index (χ4n) is 2.48. The third kappa shape index (κ3) is 3.87. The first-order chi connectivity index (χ1) is 9.58. The number of nitrogens with zero attached hydrogens (tertiary/aromatic N) is 1. The maximum atomic E-state index is 12.5. The molecule has 1 heterocycles. The topological polar surface area (TPSA) is 44.4 Å². The first-order valence-corrected chi connectivity index (χ1v) is 7.49. The number of carbonyl (C=O) groups is 1. The molecule has 0 radical (unpaired) electrons. The minimum Gasteiger partial charge on any atom is -0.320 e. The summed E-state index contributed by atoms with van der Waals surface area (Å²) in [5.74, 6) is 0.427. The standard InChI is InChI=1S/C15H22ClN3O/c1-11(2)14-10-17-8-3-9-19(14)15(20)18-13-6-4-12(16)5-7-13/h4-7,11,14,17H,3,8-10H2,1-2H3,(H,18,20). The summed E-state index contributed by atoms with van der Waals surface area (Å²) < 4.78 is 0. The Hall–Kier alpha value is -1.26. The molecule has 110 valence electrons. The van der Waals surface area contributed by atoms with Crippen molar-refractivity contribution in [1.29, 1.82) is 0 Å². The number of amides is 2. The lowest BCUT2D eigenvalue weighted by atomic mass is 10.0. The lowest BCUT2D eigenvalue weighted by Crippen LogP contribution is -2.48. The predicted octanol–water partition coefficient (Wildman–Crippen LogP) is 3.19. The van der Waals surface area contributed by atoms with Crippen molar-refractivity contribution >= 4 is 23.3 Å². The van der Waals surface area contributed by atoms with E-state index < -0.39 is 0 Å². The van der Waals surface area contributed by atoms with Crippen molar-refractivity contribution in [2.45, 2.75) is 26.3 Å². The highest BCUT2D eigenvalue weighted by atomic mass is 35.5. The lowest BCUT2D eigenvalue weighted by Gasteiger charge is -2.32. The molecule has 1 aliphatic heterocycles. The molecule has 20 heavy (non-hydrogen) atoms. The molecular weight excluding hydrogens is 274 g/mol. The smallest absolute Gasteiger partial charge is 0.320 e. The van der Waals surface area contributed by atoms with E-state index in [1.807, 2.05) is 17.0 Å². The Labute approximate surface area is 125 Å². The number of urea groups is 1. The van der Waals surface area contributed by atoms with E-state index in [1.165, 1.54) is 0 Å². The number of benzene rings is 1. The number of hydrogen-bond donors (Lipinski definition) is 2. The Morgan fingerprint density at radius 1 is 1.40 bits per heavy atom. The fraction of sp³-hybridized carbons (Fsp3) is 0.533. The Morgan fingerprint density at radius 2 is 2.10 bits per heavy atom. The Morgan fingerprint density at radius 3 is 2.75 bits per heavy atom. The van der Waals surface area contributed by atoms with Crippen LogP contribution >= 0.6 is 11.6 Å². The van der Waals surface area contributed by atoms with Crippen molar-refractivity contribution in [3.63, 3.8) is 0 Å². The van der Waals surface area contributed by atoms with E-state index in [-0.39, 0.29) is 12.1 Å². The second-order valence-corrected chi connectivity index (χ2v) is 5.94. The van der Waals surface area contributed by atoms with E-state index >= 15 is 0 Å². The van der Waals surface area contributed by atoms with E-state index in [9.17, 15) is 4.79 Å². The summed E-state index contributed by atoms with van der Waals surface area (Å²) in [5, 5.41) is 7.02. The molecule has 4 nitrogen and oxygen atoms in total.